The number of carbonyl (C=O) groups excluding carboxylic acids is 1. The summed E-state index contributed by atoms with van der Waals surface area (Å²) in [5.41, 5.74) is 1.64. The summed E-state index contributed by atoms with van der Waals surface area (Å²) >= 11 is 0. The SMILES string of the molecule is CCOc1cc(C(=O)NC(CCO)C2CC2)ccc1C. The largest absolute Gasteiger partial charge is 0.494 e. The molecule has 0 spiro atoms. The van der Waals surface area contributed by atoms with E-state index in [-0.39, 0.29) is 18.6 Å². The molecule has 1 fully saturated rings. The molecule has 2 N–H and O–H groups in total. The van der Waals surface area contributed by atoms with Gasteiger partial charge in [-0.1, -0.05) is 6.07 Å². The van der Waals surface area contributed by atoms with Crippen molar-refractivity contribution in [3.05, 3.63) is 29.3 Å². The van der Waals surface area contributed by atoms with Crippen LogP contribution in [0.4, 0.5) is 0 Å². The zero-order chi connectivity index (χ0) is 14.5. The van der Waals surface area contributed by atoms with Crippen LogP contribution in [0.2, 0.25) is 0 Å². The molecule has 0 bridgehead atoms. The van der Waals surface area contributed by atoms with Crippen molar-refractivity contribution in [3.63, 3.8) is 0 Å². The number of amides is 1. The van der Waals surface area contributed by atoms with Crippen molar-refractivity contribution in [3.8, 4) is 5.75 Å². The first kappa shape index (κ1) is 14.9. The summed E-state index contributed by atoms with van der Waals surface area (Å²) in [6.07, 6.45) is 2.91. The monoisotopic (exact) mass is 277 g/mol. The van der Waals surface area contributed by atoms with Crippen LogP contribution in [0.15, 0.2) is 18.2 Å². The number of nitrogens with one attached hydrogen (secondary N) is 1. The highest BCUT2D eigenvalue weighted by Crippen LogP contribution is 2.34. The van der Waals surface area contributed by atoms with Crippen molar-refractivity contribution < 1.29 is 14.6 Å². The van der Waals surface area contributed by atoms with E-state index in [0.717, 1.165) is 24.2 Å². The highest BCUT2D eigenvalue weighted by molar-refractivity contribution is 5.95. The molecule has 4 heteroatoms. The molecule has 0 saturated heterocycles. The quantitative estimate of drug-likeness (QED) is 0.804. The van der Waals surface area contributed by atoms with Crippen LogP contribution in [0.25, 0.3) is 0 Å². The van der Waals surface area contributed by atoms with Crippen LogP contribution in [-0.4, -0.2) is 30.3 Å². The first-order valence-electron chi connectivity index (χ1n) is 7.31. The summed E-state index contributed by atoms with van der Waals surface area (Å²) in [6.45, 7) is 4.59. The molecule has 1 aromatic carbocycles. The Morgan fingerprint density at radius 2 is 2.25 bits per heavy atom. The van der Waals surface area contributed by atoms with Gasteiger partial charge in [-0.3, -0.25) is 4.79 Å². The number of aliphatic hydroxyl groups excluding tert-OH is 1. The number of benzene rings is 1. The lowest BCUT2D eigenvalue weighted by molar-refractivity contribution is 0.0924. The Morgan fingerprint density at radius 1 is 1.50 bits per heavy atom. The standard InChI is InChI=1S/C16H23NO3/c1-3-20-15-10-13(5-4-11(15)2)16(19)17-14(8-9-18)12-6-7-12/h4-5,10,12,14,18H,3,6-9H2,1-2H3,(H,17,19). The molecule has 1 aliphatic carbocycles. The Kier molecular flexibility index (Phi) is 5.01. The van der Waals surface area contributed by atoms with E-state index in [9.17, 15) is 4.79 Å². The van der Waals surface area contributed by atoms with Crippen LogP contribution in [0.3, 0.4) is 0 Å². The Hall–Kier alpha value is -1.55. The van der Waals surface area contributed by atoms with E-state index < -0.39 is 0 Å². The molecule has 4 nitrogen and oxygen atoms in total. The molecule has 1 atom stereocenters. The van der Waals surface area contributed by atoms with Crippen LogP contribution < -0.4 is 10.1 Å². The number of hydrogen-bond donors (Lipinski definition) is 2. The van der Waals surface area contributed by atoms with E-state index in [1.807, 2.05) is 26.0 Å². The molecule has 1 amide bonds. The molecule has 2 rings (SSSR count). The molecule has 1 aliphatic rings. The Bertz CT molecular complexity index is 469. The number of rotatable bonds is 7. The van der Waals surface area contributed by atoms with Crippen molar-refractivity contribution in [1.29, 1.82) is 0 Å². The Labute approximate surface area is 120 Å². The maximum Gasteiger partial charge on any atom is 0.251 e. The van der Waals surface area contributed by atoms with E-state index in [1.54, 1.807) is 6.07 Å². The van der Waals surface area contributed by atoms with Crippen LogP contribution in [0.5, 0.6) is 5.75 Å². The molecular formula is C16H23NO3. The Morgan fingerprint density at radius 3 is 2.85 bits per heavy atom. The van der Waals surface area contributed by atoms with Crippen LogP contribution >= 0.6 is 0 Å². The average Bonchev–Trinajstić information content (AvgIpc) is 3.25. The van der Waals surface area contributed by atoms with Gasteiger partial charge in [-0.2, -0.15) is 0 Å². The molecule has 1 saturated carbocycles. The number of ether oxygens (including phenoxy) is 1. The second-order valence-corrected chi connectivity index (χ2v) is 5.34. The summed E-state index contributed by atoms with van der Waals surface area (Å²) in [5, 5.41) is 12.1. The normalized spacial score (nSPS) is 15.8. The zero-order valence-corrected chi connectivity index (χ0v) is 12.2. The summed E-state index contributed by atoms with van der Waals surface area (Å²) in [6, 6.07) is 5.59. The maximum atomic E-state index is 12.3. The van der Waals surface area contributed by atoms with E-state index >= 15 is 0 Å². The van der Waals surface area contributed by atoms with Gasteiger partial charge in [0.25, 0.3) is 5.91 Å². The van der Waals surface area contributed by atoms with Crippen LogP contribution in [-0.2, 0) is 0 Å². The van der Waals surface area contributed by atoms with Gasteiger partial charge in [0.1, 0.15) is 5.75 Å². The molecule has 1 aromatic rings. The van der Waals surface area contributed by atoms with Crippen molar-refractivity contribution in [2.24, 2.45) is 5.92 Å². The second-order valence-electron chi connectivity index (χ2n) is 5.34. The molecule has 0 aliphatic heterocycles. The maximum absolute atomic E-state index is 12.3. The average molecular weight is 277 g/mol. The molecule has 110 valence electrons. The smallest absolute Gasteiger partial charge is 0.251 e. The minimum absolute atomic E-state index is 0.0868. The predicted octanol–water partition coefficient (Wildman–Crippen LogP) is 2.28. The fourth-order valence-corrected chi connectivity index (χ4v) is 2.37. The third-order valence-electron chi connectivity index (χ3n) is 3.70. The van der Waals surface area contributed by atoms with Crippen LogP contribution in [0.1, 0.15) is 42.1 Å². The molecule has 0 aromatic heterocycles. The number of aryl methyl sites for hydroxylation is 1. The second kappa shape index (κ2) is 6.75. The lowest BCUT2D eigenvalue weighted by atomic mass is 10.1. The lowest BCUT2D eigenvalue weighted by Gasteiger charge is -2.17. The third kappa shape index (κ3) is 3.73. The first-order chi connectivity index (χ1) is 9.65. The van der Waals surface area contributed by atoms with Crippen molar-refractivity contribution >= 4 is 5.91 Å². The molecule has 1 unspecified atom stereocenters. The minimum Gasteiger partial charge on any atom is -0.494 e. The van der Waals surface area contributed by atoms with Gasteiger partial charge < -0.3 is 15.2 Å². The van der Waals surface area contributed by atoms with Crippen LogP contribution in [0, 0.1) is 12.8 Å². The van der Waals surface area contributed by atoms with Gasteiger partial charge in [0.2, 0.25) is 0 Å². The molecular weight excluding hydrogens is 254 g/mol. The summed E-state index contributed by atoms with van der Waals surface area (Å²) < 4.78 is 5.52. The van der Waals surface area contributed by atoms with E-state index in [2.05, 4.69) is 5.32 Å². The molecule has 0 heterocycles. The highest BCUT2D eigenvalue weighted by Gasteiger charge is 2.31. The summed E-state index contributed by atoms with van der Waals surface area (Å²) in [5.74, 6) is 1.20. The van der Waals surface area contributed by atoms with Gasteiger partial charge in [-0.15, -0.1) is 0 Å². The summed E-state index contributed by atoms with van der Waals surface area (Å²) in [4.78, 5) is 12.3. The van der Waals surface area contributed by atoms with Gasteiger partial charge in [-0.05, 0) is 56.7 Å². The van der Waals surface area contributed by atoms with Gasteiger partial charge in [0, 0.05) is 18.2 Å². The molecule has 20 heavy (non-hydrogen) atoms. The van der Waals surface area contributed by atoms with E-state index in [4.69, 9.17) is 9.84 Å². The Balaban J connectivity index is 2.05. The van der Waals surface area contributed by atoms with E-state index in [0.29, 0.717) is 24.5 Å². The van der Waals surface area contributed by atoms with Crippen molar-refractivity contribution in [2.75, 3.05) is 13.2 Å². The predicted molar refractivity (Wildman–Crippen MR) is 78.0 cm³/mol. The first-order valence-corrected chi connectivity index (χ1v) is 7.31. The highest BCUT2D eigenvalue weighted by atomic mass is 16.5. The summed E-state index contributed by atoms with van der Waals surface area (Å²) in [7, 11) is 0. The lowest BCUT2D eigenvalue weighted by Crippen LogP contribution is -2.37. The van der Waals surface area contributed by atoms with Crippen molar-refractivity contribution in [1.82, 2.24) is 5.32 Å². The minimum atomic E-state index is -0.0868. The van der Waals surface area contributed by atoms with Gasteiger partial charge >= 0.3 is 0 Å². The fourth-order valence-electron chi connectivity index (χ4n) is 2.37. The topological polar surface area (TPSA) is 58.6 Å². The van der Waals surface area contributed by atoms with Gasteiger partial charge in [0.05, 0.1) is 6.61 Å². The number of aliphatic hydroxyl groups is 1. The zero-order valence-electron chi connectivity index (χ0n) is 12.2. The third-order valence-corrected chi connectivity index (χ3v) is 3.70. The van der Waals surface area contributed by atoms with E-state index in [1.165, 1.54) is 0 Å². The van der Waals surface area contributed by atoms with Crippen molar-refractivity contribution in [2.45, 2.75) is 39.2 Å². The van der Waals surface area contributed by atoms with Gasteiger partial charge in [0.15, 0.2) is 0 Å². The number of carbonyl (C=O) groups is 1. The fraction of sp³-hybridized carbons (Fsp3) is 0.562. The van der Waals surface area contributed by atoms with Gasteiger partial charge in [-0.25, -0.2) is 0 Å². The number of hydrogen-bond acceptors (Lipinski definition) is 3. The molecule has 0 radical (unpaired) electrons.